The second-order valence-electron chi connectivity index (χ2n) is 6.85. The maximum Gasteiger partial charge on any atom is 0.319 e. The first kappa shape index (κ1) is 16.6. The van der Waals surface area contributed by atoms with Gasteiger partial charge in [0.2, 0.25) is 0 Å². The number of urea groups is 1. The Labute approximate surface area is 129 Å². The van der Waals surface area contributed by atoms with Gasteiger partial charge in [0.1, 0.15) is 0 Å². The molecular formula is C16H32N4O. The highest BCUT2D eigenvalue weighted by Gasteiger charge is 2.31. The van der Waals surface area contributed by atoms with Crippen molar-refractivity contribution < 1.29 is 4.79 Å². The predicted octanol–water partition coefficient (Wildman–Crippen LogP) is 1.59. The summed E-state index contributed by atoms with van der Waals surface area (Å²) in [5.74, 6) is 0. The fourth-order valence-corrected chi connectivity index (χ4v) is 3.82. The zero-order valence-electron chi connectivity index (χ0n) is 14.1. The molecule has 0 spiro atoms. The van der Waals surface area contributed by atoms with Gasteiger partial charge >= 0.3 is 6.03 Å². The van der Waals surface area contributed by atoms with Crippen LogP contribution in [0.2, 0.25) is 0 Å². The molecule has 0 aromatic rings. The van der Waals surface area contributed by atoms with Crippen molar-refractivity contribution in [2.24, 2.45) is 0 Å². The second kappa shape index (κ2) is 7.45. The van der Waals surface area contributed by atoms with Crippen LogP contribution in [0.25, 0.3) is 0 Å². The van der Waals surface area contributed by atoms with E-state index >= 15 is 0 Å². The smallest absolute Gasteiger partial charge is 0.319 e. The van der Waals surface area contributed by atoms with Crippen molar-refractivity contribution in [1.29, 1.82) is 0 Å². The number of hydrogen-bond donors (Lipinski definition) is 1. The fraction of sp³-hybridized carbons (Fsp3) is 0.938. The summed E-state index contributed by atoms with van der Waals surface area (Å²) in [4.78, 5) is 18.2. The van der Waals surface area contributed by atoms with Gasteiger partial charge < -0.3 is 20.0 Å². The lowest BCUT2D eigenvalue weighted by Crippen LogP contribution is -2.51. The summed E-state index contributed by atoms with van der Waals surface area (Å²) in [6.45, 7) is 1.80. The molecule has 0 unspecified atom stereocenters. The molecule has 1 saturated carbocycles. The number of nitrogens with zero attached hydrogens (tertiary/aromatic N) is 3. The van der Waals surface area contributed by atoms with Crippen LogP contribution in [-0.2, 0) is 0 Å². The summed E-state index contributed by atoms with van der Waals surface area (Å²) in [6.07, 6.45) is 7.43. The maximum atomic E-state index is 12.0. The molecular weight excluding hydrogens is 264 g/mol. The number of nitrogens with one attached hydrogen (secondary N) is 1. The number of carbonyl (C=O) groups is 1. The Bertz CT molecular complexity index is 331. The van der Waals surface area contributed by atoms with E-state index in [-0.39, 0.29) is 6.03 Å². The van der Waals surface area contributed by atoms with Crippen LogP contribution in [0, 0.1) is 0 Å². The zero-order chi connectivity index (χ0) is 15.4. The molecule has 21 heavy (non-hydrogen) atoms. The maximum absolute atomic E-state index is 12.0. The number of piperidine rings is 1. The Hall–Kier alpha value is -0.810. The van der Waals surface area contributed by atoms with E-state index in [4.69, 9.17) is 0 Å². The first-order chi connectivity index (χ1) is 10.0. The molecule has 2 fully saturated rings. The van der Waals surface area contributed by atoms with E-state index < -0.39 is 0 Å². The lowest BCUT2D eigenvalue weighted by molar-refractivity contribution is 0.0789. The monoisotopic (exact) mass is 296 g/mol. The van der Waals surface area contributed by atoms with Gasteiger partial charge in [0.25, 0.3) is 0 Å². The van der Waals surface area contributed by atoms with Crippen molar-refractivity contribution >= 4 is 6.03 Å². The first-order valence-corrected chi connectivity index (χ1v) is 8.38. The molecule has 2 rings (SSSR count). The summed E-state index contributed by atoms with van der Waals surface area (Å²) in [5.41, 5.74) is 0. The molecule has 0 radical (unpaired) electrons. The molecule has 5 heteroatoms. The largest absolute Gasteiger partial charge is 0.331 e. The van der Waals surface area contributed by atoms with E-state index in [1.165, 1.54) is 25.7 Å². The minimum absolute atomic E-state index is 0.158. The first-order valence-electron chi connectivity index (χ1n) is 8.38. The van der Waals surface area contributed by atoms with Crippen molar-refractivity contribution in [3.63, 3.8) is 0 Å². The second-order valence-corrected chi connectivity index (χ2v) is 6.85. The Morgan fingerprint density at radius 3 is 1.95 bits per heavy atom. The van der Waals surface area contributed by atoms with Crippen LogP contribution in [0.4, 0.5) is 4.79 Å². The fourth-order valence-electron chi connectivity index (χ4n) is 3.82. The van der Waals surface area contributed by atoms with Crippen molar-refractivity contribution in [3.8, 4) is 0 Å². The summed E-state index contributed by atoms with van der Waals surface area (Å²) in [6, 6.07) is 2.25. The van der Waals surface area contributed by atoms with Crippen LogP contribution in [0.5, 0.6) is 0 Å². The van der Waals surface area contributed by atoms with Gasteiger partial charge in [-0.3, -0.25) is 0 Å². The minimum Gasteiger partial charge on any atom is -0.331 e. The van der Waals surface area contributed by atoms with Crippen LogP contribution in [0.15, 0.2) is 0 Å². The van der Waals surface area contributed by atoms with Crippen LogP contribution in [0.3, 0.4) is 0 Å². The highest BCUT2D eigenvalue weighted by Crippen LogP contribution is 2.26. The lowest BCUT2D eigenvalue weighted by atomic mass is 9.89. The molecule has 0 aromatic heterocycles. The van der Waals surface area contributed by atoms with Crippen LogP contribution in [-0.4, -0.2) is 80.1 Å². The molecule has 2 aliphatic rings. The van der Waals surface area contributed by atoms with E-state index in [0.29, 0.717) is 12.1 Å². The summed E-state index contributed by atoms with van der Waals surface area (Å²) < 4.78 is 0. The standard InChI is InChI=1S/C16H32N4O/c1-17-13-5-7-14(8-6-13)19(4)15-9-11-20(12-10-15)16(21)18(2)3/h13-15,17H,5-12H2,1-4H3. The van der Waals surface area contributed by atoms with Crippen molar-refractivity contribution in [2.75, 3.05) is 41.3 Å². The zero-order valence-corrected chi connectivity index (χ0v) is 14.1. The number of likely N-dealkylation sites (tertiary alicyclic amines) is 1. The van der Waals surface area contributed by atoms with E-state index in [1.807, 2.05) is 19.0 Å². The van der Waals surface area contributed by atoms with Crippen LogP contribution >= 0.6 is 0 Å². The lowest BCUT2D eigenvalue weighted by Gasteiger charge is -2.43. The molecule has 1 N–H and O–H groups in total. The average molecular weight is 296 g/mol. The molecule has 0 aromatic carbocycles. The van der Waals surface area contributed by atoms with Gasteiger partial charge in [-0.2, -0.15) is 0 Å². The molecule has 1 heterocycles. The SMILES string of the molecule is CNC1CCC(N(C)C2CCN(C(=O)N(C)C)CC2)CC1. The van der Waals surface area contributed by atoms with E-state index in [1.54, 1.807) is 4.90 Å². The molecule has 2 amide bonds. The third kappa shape index (κ3) is 4.10. The highest BCUT2D eigenvalue weighted by molar-refractivity contribution is 5.73. The van der Waals surface area contributed by atoms with E-state index in [9.17, 15) is 4.79 Å². The molecule has 0 atom stereocenters. The normalized spacial score (nSPS) is 28.0. The Morgan fingerprint density at radius 1 is 0.952 bits per heavy atom. The topological polar surface area (TPSA) is 38.8 Å². The van der Waals surface area contributed by atoms with Gasteiger partial charge in [0.05, 0.1) is 0 Å². The van der Waals surface area contributed by atoms with Gasteiger partial charge in [-0.15, -0.1) is 0 Å². The molecule has 1 saturated heterocycles. The molecule has 0 bridgehead atoms. The van der Waals surface area contributed by atoms with Crippen LogP contribution in [0.1, 0.15) is 38.5 Å². The Morgan fingerprint density at radius 2 is 1.48 bits per heavy atom. The minimum atomic E-state index is 0.158. The van der Waals surface area contributed by atoms with Gasteiger partial charge in [-0.1, -0.05) is 0 Å². The van der Waals surface area contributed by atoms with Crippen LogP contribution < -0.4 is 5.32 Å². The highest BCUT2D eigenvalue weighted by atomic mass is 16.2. The van der Waals surface area contributed by atoms with Gasteiger partial charge in [-0.25, -0.2) is 4.79 Å². The summed E-state index contributed by atoms with van der Waals surface area (Å²) in [7, 11) is 8.03. The Balaban J connectivity index is 1.78. The third-order valence-corrected chi connectivity index (χ3v) is 5.37. The third-order valence-electron chi connectivity index (χ3n) is 5.37. The van der Waals surface area contributed by atoms with Crippen molar-refractivity contribution in [3.05, 3.63) is 0 Å². The quantitative estimate of drug-likeness (QED) is 0.860. The number of carbonyl (C=O) groups excluding carboxylic acids is 1. The number of rotatable bonds is 3. The number of hydrogen-bond acceptors (Lipinski definition) is 3. The van der Waals surface area contributed by atoms with E-state index in [0.717, 1.165) is 32.0 Å². The van der Waals surface area contributed by atoms with Gasteiger partial charge in [0.15, 0.2) is 0 Å². The average Bonchev–Trinajstić information content (AvgIpc) is 2.53. The number of amides is 2. The predicted molar refractivity (Wildman–Crippen MR) is 86.5 cm³/mol. The van der Waals surface area contributed by atoms with Crippen molar-refractivity contribution in [2.45, 2.75) is 56.7 Å². The molecule has 1 aliphatic carbocycles. The molecule has 5 nitrogen and oxygen atoms in total. The Kier molecular flexibility index (Phi) is 5.88. The van der Waals surface area contributed by atoms with E-state index in [2.05, 4.69) is 24.3 Å². The molecule has 1 aliphatic heterocycles. The molecule has 122 valence electrons. The van der Waals surface area contributed by atoms with Gasteiger partial charge in [-0.05, 0) is 52.6 Å². The summed E-state index contributed by atoms with van der Waals surface area (Å²) >= 11 is 0. The summed E-state index contributed by atoms with van der Waals surface area (Å²) in [5, 5.41) is 3.40. The van der Waals surface area contributed by atoms with Gasteiger partial charge in [0, 0.05) is 45.3 Å². The van der Waals surface area contributed by atoms with Crippen molar-refractivity contribution in [1.82, 2.24) is 20.0 Å².